The van der Waals surface area contributed by atoms with Crippen molar-refractivity contribution in [1.29, 1.82) is 0 Å². The number of hydrogen-bond donors (Lipinski definition) is 1. The Hall–Kier alpha value is -3.28. The first-order valence-electron chi connectivity index (χ1n) is 7.40. The molecule has 2 aromatic carbocycles. The van der Waals surface area contributed by atoms with Gasteiger partial charge in [0.1, 0.15) is 0 Å². The minimum atomic E-state index is -0.953. The van der Waals surface area contributed by atoms with Crippen molar-refractivity contribution in [1.82, 2.24) is 9.97 Å². The highest BCUT2D eigenvalue weighted by atomic mass is 16.5. The molecule has 120 valence electrons. The van der Waals surface area contributed by atoms with Crippen LogP contribution in [0.3, 0.4) is 0 Å². The summed E-state index contributed by atoms with van der Waals surface area (Å²) in [6.45, 7) is 1.50. The van der Waals surface area contributed by atoms with E-state index in [0.29, 0.717) is 5.69 Å². The maximum atomic E-state index is 12.2. The highest BCUT2D eigenvalue weighted by Gasteiger charge is 2.20. The minimum absolute atomic E-state index is 0.0582. The third-order valence-electron chi connectivity index (χ3n) is 3.44. The van der Waals surface area contributed by atoms with Gasteiger partial charge in [0, 0.05) is 18.1 Å². The van der Waals surface area contributed by atoms with Gasteiger partial charge in [-0.3, -0.25) is 9.78 Å². The van der Waals surface area contributed by atoms with Gasteiger partial charge in [-0.25, -0.2) is 9.78 Å². The zero-order valence-electron chi connectivity index (χ0n) is 13.0. The molecule has 6 nitrogen and oxygen atoms in total. The third kappa shape index (κ3) is 3.55. The smallest absolute Gasteiger partial charge is 0.359 e. The molecule has 0 saturated carbocycles. The van der Waals surface area contributed by atoms with Crippen LogP contribution in [0, 0.1) is 0 Å². The van der Waals surface area contributed by atoms with E-state index in [4.69, 9.17) is 4.74 Å². The number of rotatable bonds is 4. The van der Waals surface area contributed by atoms with Gasteiger partial charge in [-0.1, -0.05) is 30.3 Å². The topological polar surface area (TPSA) is 81.2 Å². The minimum Gasteiger partial charge on any atom is -0.448 e. The first-order valence-corrected chi connectivity index (χ1v) is 7.40. The Morgan fingerprint density at radius 2 is 1.88 bits per heavy atom. The van der Waals surface area contributed by atoms with Crippen LogP contribution < -0.4 is 5.32 Å². The van der Waals surface area contributed by atoms with Crippen LogP contribution in [0.25, 0.3) is 10.8 Å². The number of carbonyl (C=O) groups is 2. The molecule has 0 bridgehead atoms. The Kier molecular flexibility index (Phi) is 4.47. The third-order valence-corrected chi connectivity index (χ3v) is 3.44. The largest absolute Gasteiger partial charge is 0.448 e. The summed E-state index contributed by atoms with van der Waals surface area (Å²) in [6.07, 6.45) is 3.17. The van der Waals surface area contributed by atoms with Crippen molar-refractivity contribution in [3.05, 3.63) is 66.7 Å². The number of fused-ring (bicyclic) bond motifs is 1. The molecule has 0 spiro atoms. The van der Waals surface area contributed by atoms with Gasteiger partial charge in [0.15, 0.2) is 11.8 Å². The van der Waals surface area contributed by atoms with Gasteiger partial charge in [0.05, 0.1) is 6.20 Å². The van der Waals surface area contributed by atoms with E-state index in [1.807, 2.05) is 36.4 Å². The number of esters is 1. The second-order valence-corrected chi connectivity index (χ2v) is 5.19. The van der Waals surface area contributed by atoms with Crippen LogP contribution in [0.1, 0.15) is 17.4 Å². The lowest BCUT2D eigenvalue weighted by atomic mass is 10.1. The fourth-order valence-corrected chi connectivity index (χ4v) is 2.19. The molecule has 3 rings (SSSR count). The van der Waals surface area contributed by atoms with Crippen LogP contribution in [-0.2, 0) is 9.53 Å². The van der Waals surface area contributed by atoms with Crippen LogP contribution in [0.4, 0.5) is 5.69 Å². The van der Waals surface area contributed by atoms with Gasteiger partial charge >= 0.3 is 5.97 Å². The van der Waals surface area contributed by atoms with Crippen LogP contribution in [0.2, 0.25) is 0 Å². The second-order valence-electron chi connectivity index (χ2n) is 5.19. The second kappa shape index (κ2) is 6.87. The Morgan fingerprint density at radius 3 is 2.62 bits per heavy atom. The molecule has 3 aromatic rings. The van der Waals surface area contributed by atoms with E-state index in [0.717, 1.165) is 10.8 Å². The van der Waals surface area contributed by atoms with Crippen molar-refractivity contribution in [2.75, 3.05) is 5.32 Å². The first-order chi connectivity index (χ1) is 11.6. The van der Waals surface area contributed by atoms with Gasteiger partial charge in [-0.15, -0.1) is 0 Å². The molecule has 0 aliphatic rings. The molecule has 0 aliphatic heterocycles. The number of amides is 1. The summed E-state index contributed by atoms with van der Waals surface area (Å²) in [4.78, 5) is 31.7. The summed E-state index contributed by atoms with van der Waals surface area (Å²) < 4.78 is 5.10. The van der Waals surface area contributed by atoms with Gasteiger partial charge in [-0.2, -0.15) is 0 Å². The molecule has 1 atom stereocenters. The van der Waals surface area contributed by atoms with Crippen molar-refractivity contribution in [3.8, 4) is 0 Å². The summed E-state index contributed by atoms with van der Waals surface area (Å²) in [5.74, 6) is -1.10. The van der Waals surface area contributed by atoms with E-state index < -0.39 is 18.0 Å². The van der Waals surface area contributed by atoms with Crippen LogP contribution in [-0.4, -0.2) is 27.9 Å². The van der Waals surface area contributed by atoms with E-state index >= 15 is 0 Å². The zero-order chi connectivity index (χ0) is 16.9. The summed E-state index contributed by atoms with van der Waals surface area (Å²) in [5, 5.41) is 4.83. The first kappa shape index (κ1) is 15.6. The quantitative estimate of drug-likeness (QED) is 0.747. The number of nitrogens with one attached hydrogen (secondary N) is 1. The number of hydrogen-bond acceptors (Lipinski definition) is 5. The average Bonchev–Trinajstić information content (AvgIpc) is 2.62. The summed E-state index contributed by atoms with van der Waals surface area (Å²) >= 11 is 0. The van der Waals surface area contributed by atoms with E-state index in [1.165, 1.54) is 25.5 Å². The molecule has 0 aliphatic carbocycles. The van der Waals surface area contributed by atoms with Crippen LogP contribution >= 0.6 is 0 Å². The van der Waals surface area contributed by atoms with Crippen LogP contribution in [0.15, 0.2) is 61.1 Å². The van der Waals surface area contributed by atoms with Gasteiger partial charge in [0.25, 0.3) is 5.91 Å². The van der Waals surface area contributed by atoms with E-state index in [-0.39, 0.29) is 5.69 Å². The molecular formula is C18H15N3O3. The van der Waals surface area contributed by atoms with Crippen molar-refractivity contribution in [2.45, 2.75) is 13.0 Å². The molecule has 1 N–H and O–H groups in total. The molecular weight excluding hydrogens is 306 g/mol. The number of nitrogens with zero attached hydrogens (tertiary/aromatic N) is 2. The zero-order valence-corrected chi connectivity index (χ0v) is 13.0. The molecule has 0 fully saturated rings. The highest BCUT2D eigenvalue weighted by molar-refractivity contribution is 5.98. The van der Waals surface area contributed by atoms with E-state index in [2.05, 4.69) is 15.3 Å². The Morgan fingerprint density at radius 1 is 1.08 bits per heavy atom. The molecule has 1 heterocycles. The highest BCUT2D eigenvalue weighted by Crippen LogP contribution is 2.19. The average molecular weight is 321 g/mol. The summed E-state index contributed by atoms with van der Waals surface area (Å²) in [5.41, 5.74) is 0.698. The lowest BCUT2D eigenvalue weighted by molar-refractivity contribution is -0.123. The van der Waals surface area contributed by atoms with E-state index in [9.17, 15) is 9.59 Å². The van der Waals surface area contributed by atoms with Crippen molar-refractivity contribution < 1.29 is 14.3 Å². The number of benzene rings is 2. The number of ether oxygens (including phenoxy) is 1. The summed E-state index contributed by atoms with van der Waals surface area (Å²) in [7, 11) is 0. The van der Waals surface area contributed by atoms with Crippen molar-refractivity contribution in [3.63, 3.8) is 0 Å². The fraction of sp³-hybridized carbons (Fsp3) is 0.111. The monoisotopic (exact) mass is 321 g/mol. The normalized spacial score (nSPS) is 11.7. The maximum Gasteiger partial charge on any atom is 0.359 e. The SMILES string of the molecule is C[C@@H](OC(=O)c1cnccn1)C(=O)Nc1ccc2ccccc2c1. The van der Waals surface area contributed by atoms with Gasteiger partial charge in [-0.05, 0) is 29.8 Å². The lowest BCUT2D eigenvalue weighted by Crippen LogP contribution is -2.30. The Labute approximate surface area is 138 Å². The fourth-order valence-electron chi connectivity index (χ4n) is 2.19. The Bertz CT molecular complexity index is 881. The maximum absolute atomic E-state index is 12.2. The molecule has 6 heteroatoms. The molecule has 24 heavy (non-hydrogen) atoms. The molecule has 0 radical (unpaired) electrons. The predicted molar refractivity (Wildman–Crippen MR) is 89.5 cm³/mol. The molecule has 0 unspecified atom stereocenters. The van der Waals surface area contributed by atoms with E-state index in [1.54, 1.807) is 6.07 Å². The van der Waals surface area contributed by atoms with Crippen LogP contribution in [0.5, 0.6) is 0 Å². The number of carbonyl (C=O) groups excluding carboxylic acids is 2. The van der Waals surface area contributed by atoms with Crippen molar-refractivity contribution in [2.24, 2.45) is 0 Å². The number of anilines is 1. The lowest BCUT2D eigenvalue weighted by Gasteiger charge is -2.13. The van der Waals surface area contributed by atoms with Gasteiger partial charge in [0.2, 0.25) is 0 Å². The summed E-state index contributed by atoms with van der Waals surface area (Å²) in [6, 6.07) is 13.4. The predicted octanol–water partition coefficient (Wildman–Crippen LogP) is 2.81. The molecule has 0 saturated heterocycles. The van der Waals surface area contributed by atoms with Crippen molar-refractivity contribution >= 4 is 28.3 Å². The van der Waals surface area contributed by atoms with Gasteiger partial charge < -0.3 is 10.1 Å². The Balaban J connectivity index is 1.66. The molecule has 1 aromatic heterocycles. The molecule has 1 amide bonds. The number of aromatic nitrogens is 2. The standard InChI is InChI=1S/C18H15N3O3/c1-12(24-18(23)16-11-19-8-9-20-16)17(22)21-15-7-6-13-4-2-3-5-14(13)10-15/h2-12H,1H3,(H,21,22)/t12-/m1/s1.